The zero-order chi connectivity index (χ0) is 16.5. The summed E-state index contributed by atoms with van der Waals surface area (Å²) in [4.78, 5) is 27.2. The highest BCUT2D eigenvalue weighted by Crippen LogP contribution is 2.15. The number of rotatable bonds is 6. The van der Waals surface area contributed by atoms with Crippen LogP contribution in [-0.2, 0) is 14.3 Å². The number of hydrogen-bond donors (Lipinski definition) is 1. The van der Waals surface area contributed by atoms with Crippen molar-refractivity contribution in [3.8, 4) is 6.07 Å². The third kappa shape index (κ3) is 5.37. The fourth-order valence-electron chi connectivity index (χ4n) is 2.33. The van der Waals surface area contributed by atoms with Crippen LogP contribution < -0.4 is 5.32 Å². The van der Waals surface area contributed by atoms with Crippen LogP contribution in [-0.4, -0.2) is 68.6 Å². The molecule has 0 bridgehead atoms. The number of nitrogens with zero attached hydrogens (tertiary/aromatic N) is 3. The molecule has 1 rings (SSSR count). The standard InChI is InChI=1S/C15H24N4O3/c1-18-8-5-13(6-9-18)19(2)15(21)12(10-16)11-17-7-4-14(20)22-3/h11,13,17H,4-9H2,1-3H3/b12-11-. The van der Waals surface area contributed by atoms with Gasteiger partial charge in [-0.25, -0.2) is 0 Å². The van der Waals surface area contributed by atoms with Gasteiger partial charge in [0.2, 0.25) is 0 Å². The van der Waals surface area contributed by atoms with E-state index in [9.17, 15) is 9.59 Å². The number of nitriles is 1. The lowest BCUT2D eigenvalue weighted by Gasteiger charge is -2.34. The summed E-state index contributed by atoms with van der Waals surface area (Å²) in [6.07, 6.45) is 3.38. The zero-order valence-corrected chi connectivity index (χ0v) is 13.5. The van der Waals surface area contributed by atoms with Gasteiger partial charge in [0.1, 0.15) is 11.6 Å². The molecule has 0 saturated carbocycles. The second-order valence-electron chi connectivity index (χ2n) is 5.40. The SMILES string of the molecule is COC(=O)CCN/C=C(/C#N)C(=O)N(C)C1CCN(C)CC1. The molecule has 0 spiro atoms. The lowest BCUT2D eigenvalue weighted by Crippen LogP contribution is -2.45. The molecule has 0 radical (unpaired) electrons. The van der Waals surface area contributed by atoms with E-state index in [0.717, 1.165) is 25.9 Å². The molecule has 1 aliphatic rings. The van der Waals surface area contributed by atoms with Crippen LogP contribution in [0.5, 0.6) is 0 Å². The average molecular weight is 308 g/mol. The maximum atomic E-state index is 12.3. The van der Waals surface area contributed by atoms with Gasteiger partial charge >= 0.3 is 5.97 Å². The summed E-state index contributed by atoms with van der Waals surface area (Å²) in [7, 11) is 5.11. The Balaban J connectivity index is 2.52. The number of esters is 1. The van der Waals surface area contributed by atoms with E-state index in [1.807, 2.05) is 6.07 Å². The number of likely N-dealkylation sites (tertiary alicyclic amines) is 1. The maximum Gasteiger partial charge on any atom is 0.307 e. The van der Waals surface area contributed by atoms with Gasteiger partial charge in [-0.05, 0) is 33.0 Å². The molecule has 0 aromatic rings. The molecule has 0 aromatic carbocycles. The Bertz CT molecular complexity index is 462. The number of hydrogen-bond acceptors (Lipinski definition) is 6. The second kappa shape index (κ2) is 9.05. The smallest absolute Gasteiger partial charge is 0.307 e. The highest BCUT2D eigenvalue weighted by atomic mass is 16.5. The van der Waals surface area contributed by atoms with Crippen molar-refractivity contribution < 1.29 is 14.3 Å². The van der Waals surface area contributed by atoms with E-state index in [1.165, 1.54) is 13.3 Å². The third-order valence-corrected chi connectivity index (χ3v) is 3.85. The van der Waals surface area contributed by atoms with E-state index in [-0.39, 0.29) is 29.9 Å². The van der Waals surface area contributed by atoms with Gasteiger partial charge in [0.05, 0.1) is 13.5 Å². The van der Waals surface area contributed by atoms with Crippen molar-refractivity contribution in [2.75, 3.05) is 40.8 Å². The van der Waals surface area contributed by atoms with Crippen LogP contribution in [0.25, 0.3) is 0 Å². The molecule has 0 atom stereocenters. The van der Waals surface area contributed by atoms with Gasteiger partial charge in [-0.1, -0.05) is 0 Å². The summed E-state index contributed by atoms with van der Waals surface area (Å²) in [6, 6.07) is 2.08. The van der Waals surface area contributed by atoms with Gasteiger partial charge < -0.3 is 19.9 Å². The molecule has 1 N–H and O–H groups in total. The quantitative estimate of drug-likeness (QED) is 0.324. The number of ether oxygens (including phenoxy) is 1. The molecule has 0 aromatic heterocycles. The molecular weight excluding hydrogens is 284 g/mol. The minimum atomic E-state index is -0.339. The normalized spacial score (nSPS) is 16.7. The summed E-state index contributed by atoms with van der Waals surface area (Å²) in [5.74, 6) is -0.628. The highest BCUT2D eigenvalue weighted by Gasteiger charge is 2.25. The van der Waals surface area contributed by atoms with Crippen molar-refractivity contribution >= 4 is 11.9 Å². The van der Waals surface area contributed by atoms with Crippen molar-refractivity contribution in [1.29, 1.82) is 5.26 Å². The maximum absolute atomic E-state index is 12.3. The lowest BCUT2D eigenvalue weighted by molar-refractivity contribution is -0.140. The predicted octanol–water partition coefficient (Wildman–Crippen LogP) is 0.0992. The fourth-order valence-corrected chi connectivity index (χ4v) is 2.33. The molecule has 0 aliphatic carbocycles. The van der Waals surface area contributed by atoms with Crippen molar-refractivity contribution in [3.05, 3.63) is 11.8 Å². The number of carbonyl (C=O) groups is 2. The number of methoxy groups -OCH3 is 1. The lowest BCUT2D eigenvalue weighted by atomic mass is 10.0. The Labute approximate surface area is 131 Å². The first-order valence-corrected chi connectivity index (χ1v) is 7.35. The Morgan fingerprint density at radius 2 is 2.09 bits per heavy atom. The van der Waals surface area contributed by atoms with Crippen molar-refractivity contribution in [2.24, 2.45) is 0 Å². The molecular formula is C15H24N4O3. The van der Waals surface area contributed by atoms with E-state index in [0.29, 0.717) is 6.54 Å². The van der Waals surface area contributed by atoms with Gasteiger partial charge in [0, 0.05) is 25.8 Å². The second-order valence-corrected chi connectivity index (χ2v) is 5.40. The number of piperidine rings is 1. The largest absolute Gasteiger partial charge is 0.469 e. The van der Waals surface area contributed by atoms with Gasteiger partial charge in [0.15, 0.2) is 0 Å². The fraction of sp³-hybridized carbons (Fsp3) is 0.667. The van der Waals surface area contributed by atoms with Gasteiger partial charge in [-0.2, -0.15) is 5.26 Å². The van der Waals surface area contributed by atoms with Crippen LogP contribution >= 0.6 is 0 Å². The van der Waals surface area contributed by atoms with Gasteiger partial charge in [-0.3, -0.25) is 9.59 Å². The first-order chi connectivity index (χ1) is 10.5. The van der Waals surface area contributed by atoms with E-state index >= 15 is 0 Å². The molecule has 7 nitrogen and oxygen atoms in total. The van der Waals surface area contributed by atoms with E-state index in [1.54, 1.807) is 11.9 Å². The van der Waals surface area contributed by atoms with Crippen LogP contribution in [0.15, 0.2) is 11.8 Å². The Morgan fingerprint density at radius 1 is 1.45 bits per heavy atom. The average Bonchev–Trinajstić information content (AvgIpc) is 2.54. The molecule has 1 amide bonds. The first kappa shape index (κ1) is 18.0. The van der Waals surface area contributed by atoms with E-state index < -0.39 is 0 Å². The molecule has 1 heterocycles. The summed E-state index contributed by atoms with van der Waals surface area (Å²) in [6.45, 7) is 2.22. The number of nitrogens with one attached hydrogen (secondary N) is 1. The monoisotopic (exact) mass is 308 g/mol. The van der Waals surface area contributed by atoms with Gasteiger partial charge in [0.25, 0.3) is 5.91 Å². The Hall–Kier alpha value is -2.07. The van der Waals surface area contributed by atoms with Gasteiger partial charge in [-0.15, -0.1) is 0 Å². The topological polar surface area (TPSA) is 85.7 Å². The molecule has 122 valence electrons. The molecule has 1 fully saturated rings. The number of carbonyl (C=O) groups excluding carboxylic acids is 2. The summed E-state index contributed by atoms with van der Waals surface area (Å²) < 4.78 is 4.51. The van der Waals surface area contributed by atoms with Crippen molar-refractivity contribution in [2.45, 2.75) is 25.3 Å². The van der Waals surface area contributed by atoms with Crippen LogP contribution in [0.4, 0.5) is 0 Å². The van der Waals surface area contributed by atoms with E-state index in [2.05, 4.69) is 22.0 Å². The molecule has 22 heavy (non-hydrogen) atoms. The number of likely N-dealkylation sites (N-methyl/N-ethyl adjacent to an activating group) is 1. The van der Waals surface area contributed by atoms with Crippen LogP contribution in [0, 0.1) is 11.3 Å². The number of amides is 1. The van der Waals surface area contributed by atoms with Crippen LogP contribution in [0.2, 0.25) is 0 Å². The highest BCUT2D eigenvalue weighted by molar-refractivity contribution is 5.97. The minimum Gasteiger partial charge on any atom is -0.469 e. The Morgan fingerprint density at radius 3 is 2.64 bits per heavy atom. The zero-order valence-electron chi connectivity index (χ0n) is 13.5. The predicted molar refractivity (Wildman–Crippen MR) is 81.6 cm³/mol. The van der Waals surface area contributed by atoms with Crippen LogP contribution in [0.1, 0.15) is 19.3 Å². The minimum absolute atomic E-state index is 0.0475. The third-order valence-electron chi connectivity index (χ3n) is 3.85. The molecule has 0 unspecified atom stereocenters. The molecule has 7 heteroatoms. The molecule has 1 aliphatic heterocycles. The van der Waals surface area contributed by atoms with Crippen molar-refractivity contribution in [1.82, 2.24) is 15.1 Å². The summed E-state index contributed by atoms with van der Waals surface area (Å²) in [5, 5.41) is 11.9. The summed E-state index contributed by atoms with van der Waals surface area (Å²) in [5.41, 5.74) is 0.0475. The van der Waals surface area contributed by atoms with Crippen molar-refractivity contribution in [3.63, 3.8) is 0 Å². The Kier molecular flexibility index (Phi) is 7.40. The summed E-state index contributed by atoms with van der Waals surface area (Å²) >= 11 is 0. The van der Waals surface area contributed by atoms with E-state index in [4.69, 9.17) is 5.26 Å². The molecule has 1 saturated heterocycles. The first-order valence-electron chi connectivity index (χ1n) is 7.35. The van der Waals surface area contributed by atoms with Crippen LogP contribution in [0.3, 0.4) is 0 Å².